The normalized spacial score (nSPS) is 11.8. The lowest BCUT2D eigenvalue weighted by Crippen LogP contribution is -2.29. The number of carbonyl (C=O) groups is 2. The van der Waals surface area contributed by atoms with Gasteiger partial charge in [0.2, 0.25) is 0 Å². The number of ether oxygens (including phenoxy) is 3. The van der Waals surface area contributed by atoms with E-state index in [2.05, 4.69) is 10.3 Å². The minimum absolute atomic E-state index is 0.202. The van der Waals surface area contributed by atoms with E-state index in [1.165, 1.54) is 11.3 Å². The molecule has 1 heterocycles. The lowest BCUT2D eigenvalue weighted by atomic mass is 10.0. The highest BCUT2D eigenvalue weighted by Crippen LogP contribution is 2.29. The van der Waals surface area contributed by atoms with Gasteiger partial charge in [0.05, 0.1) is 20.3 Å². The average Bonchev–Trinajstić information content (AvgIpc) is 3.23. The summed E-state index contributed by atoms with van der Waals surface area (Å²) in [6.45, 7) is 5.66. The fourth-order valence-electron chi connectivity index (χ4n) is 3.56. The van der Waals surface area contributed by atoms with Crippen LogP contribution in [0.2, 0.25) is 0 Å². The Bertz CT molecular complexity index is 1170. The van der Waals surface area contributed by atoms with Gasteiger partial charge in [-0.05, 0) is 56.7 Å². The third-order valence-electron chi connectivity index (χ3n) is 5.27. The molecule has 1 aromatic heterocycles. The number of carboxylic acid groups (broad SMARTS) is 1. The zero-order valence-corrected chi connectivity index (χ0v) is 21.3. The van der Waals surface area contributed by atoms with Gasteiger partial charge >= 0.3 is 5.97 Å². The Hall–Kier alpha value is -3.43. The molecule has 0 saturated carbocycles. The number of methoxy groups -OCH3 is 2. The van der Waals surface area contributed by atoms with Crippen molar-refractivity contribution >= 4 is 23.2 Å². The molecule has 35 heavy (non-hydrogen) atoms. The maximum atomic E-state index is 12.9. The summed E-state index contributed by atoms with van der Waals surface area (Å²) >= 11 is 1.45. The van der Waals surface area contributed by atoms with E-state index in [9.17, 15) is 14.7 Å². The Morgan fingerprint density at radius 3 is 2.40 bits per heavy atom. The second kappa shape index (κ2) is 11.8. The van der Waals surface area contributed by atoms with Crippen LogP contribution < -0.4 is 14.8 Å². The number of carbonyl (C=O) groups excluding carboxylic acids is 1. The van der Waals surface area contributed by atoms with Crippen LogP contribution in [0.3, 0.4) is 0 Å². The van der Waals surface area contributed by atoms with Gasteiger partial charge in [-0.3, -0.25) is 4.79 Å². The maximum absolute atomic E-state index is 12.9. The maximum Gasteiger partial charge on any atom is 0.333 e. The first-order valence-corrected chi connectivity index (χ1v) is 12.0. The third-order valence-corrected chi connectivity index (χ3v) is 6.29. The number of nitrogens with one attached hydrogen (secondary N) is 1. The van der Waals surface area contributed by atoms with Crippen LogP contribution in [0.4, 0.5) is 0 Å². The van der Waals surface area contributed by atoms with Crippen molar-refractivity contribution in [1.82, 2.24) is 10.3 Å². The van der Waals surface area contributed by atoms with Gasteiger partial charge < -0.3 is 24.6 Å². The smallest absolute Gasteiger partial charge is 0.333 e. The van der Waals surface area contributed by atoms with Gasteiger partial charge in [-0.2, -0.15) is 0 Å². The summed E-state index contributed by atoms with van der Waals surface area (Å²) in [6.07, 6.45) is -0.966. The number of amides is 1. The van der Waals surface area contributed by atoms with E-state index < -0.39 is 12.1 Å². The van der Waals surface area contributed by atoms with Crippen molar-refractivity contribution in [3.63, 3.8) is 0 Å². The molecule has 1 unspecified atom stereocenters. The highest BCUT2D eigenvalue weighted by Gasteiger charge is 2.21. The number of hydrogen-bond donors (Lipinski definition) is 2. The average molecular weight is 499 g/mol. The topological polar surface area (TPSA) is 107 Å². The van der Waals surface area contributed by atoms with Crippen LogP contribution in [0.25, 0.3) is 10.6 Å². The summed E-state index contributed by atoms with van der Waals surface area (Å²) in [5.41, 5.74) is 2.78. The minimum atomic E-state index is -1.02. The second-order valence-corrected chi connectivity index (χ2v) is 9.40. The summed E-state index contributed by atoms with van der Waals surface area (Å²) in [7, 11) is 3.16. The Morgan fingerprint density at radius 2 is 1.80 bits per heavy atom. The van der Waals surface area contributed by atoms with Crippen LogP contribution in [0.5, 0.6) is 11.5 Å². The SMILES string of the molecule is COc1ccc(-c2nc(C(=O)NCc3cc(CC(OC(C)C)C(=O)O)ccc3OC)c(C)s2)cc1. The van der Waals surface area contributed by atoms with Gasteiger partial charge in [-0.25, -0.2) is 9.78 Å². The molecule has 0 fully saturated rings. The largest absolute Gasteiger partial charge is 0.497 e. The molecule has 0 bridgehead atoms. The van der Waals surface area contributed by atoms with E-state index in [1.54, 1.807) is 40.2 Å². The monoisotopic (exact) mass is 498 g/mol. The van der Waals surface area contributed by atoms with Crippen molar-refractivity contribution in [2.24, 2.45) is 0 Å². The predicted molar refractivity (Wildman–Crippen MR) is 134 cm³/mol. The minimum Gasteiger partial charge on any atom is -0.497 e. The molecule has 0 aliphatic rings. The molecule has 0 radical (unpaired) electrons. The van der Waals surface area contributed by atoms with Gasteiger partial charge in [0, 0.05) is 29.0 Å². The molecule has 1 atom stereocenters. The van der Waals surface area contributed by atoms with E-state index in [4.69, 9.17) is 14.2 Å². The molecule has 0 aliphatic carbocycles. The van der Waals surface area contributed by atoms with Crippen LogP contribution in [0.1, 0.15) is 40.3 Å². The first-order chi connectivity index (χ1) is 16.7. The van der Waals surface area contributed by atoms with Crippen molar-refractivity contribution < 1.29 is 28.9 Å². The molecule has 3 rings (SSSR count). The predicted octanol–water partition coefficient (Wildman–Crippen LogP) is 4.49. The number of aliphatic carboxylic acids is 1. The molecule has 9 heteroatoms. The van der Waals surface area contributed by atoms with Crippen LogP contribution >= 0.6 is 11.3 Å². The number of carboxylic acids is 1. The van der Waals surface area contributed by atoms with Crippen molar-refractivity contribution in [3.8, 4) is 22.1 Å². The third kappa shape index (κ3) is 6.80. The highest BCUT2D eigenvalue weighted by molar-refractivity contribution is 7.15. The number of aryl methyl sites for hydroxylation is 1. The molecule has 0 spiro atoms. The Kier molecular flexibility index (Phi) is 8.84. The van der Waals surface area contributed by atoms with E-state index >= 15 is 0 Å². The number of thiazole rings is 1. The molecule has 8 nitrogen and oxygen atoms in total. The van der Waals surface area contributed by atoms with Crippen LogP contribution in [-0.4, -0.2) is 48.4 Å². The quantitative estimate of drug-likeness (QED) is 0.401. The molecule has 3 aromatic rings. The fourth-order valence-corrected chi connectivity index (χ4v) is 4.47. The molecule has 2 N–H and O–H groups in total. The molecule has 2 aromatic carbocycles. The van der Waals surface area contributed by atoms with Gasteiger partial charge in [0.15, 0.2) is 6.10 Å². The van der Waals surface area contributed by atoms with Crippen LogP contribution in [0.15, 0.2) is 42.5 Å². The lowest BCUT2D eigenvalue weighted by Gasteiger charge is -2.18. The molecule has 0 saturated heterocycles. The summed E-state index contributed by atoms with van der Waals surface area (Å²) in [5.74, 6) is 0.0369. The Balaban J connectivity index is 1.73. The van der Waals surface area contributed by atoms with Crippen molar-refractivity contribution in [3.05, 3.63) is 64.2 Å². The molecule has 186 valence electrons. The first kappa shape index (κ1) is 26.2. The summed E-state index contributed by atoms with van der Waals surface area (Å²) in [4.78, 5) is 29.9. The highest BCUT2D eigenvalue weighted by atomic mass is 32.1. The van der Waals surface area contributed by atoms with Gasteiger partial charge in [-0.1, -0.05) is 12.1 Å². The van der Waals surface area contributed by atoms with Crippen LogP contribution in [-0.2, 0) is 22.5 Å². The van der Waals surface area contributed by atoms with Crippen LogP contribution in [0, 0.1) is 6.92 Å². The summed E-state index contributed by atoms with van der Waals surface area (Å²) < 4.78 is 16.2. The van der Waals surface area contributed by atoms with Crippen molar-refractivity contribution in [2.45, 2.75) is 45.9 Å². The number of aromatic nitrogens is 1. The molecule has 1 amide bonds. The van der Waals surface area contributed by atoms with E-state index in [0.717, 1.165) is 32.3 Å². The standard InChI is InChI=1S/C26H30N2O6S/c1-15(2)34-22(26(30)31)13-17-6-11-21(33-5)19(12-17)14-27-24(29)23-16(3)35-25(28-23)18-7-9-20(32-4)10-8-18/h6-12,15,22H,13-14H2,1-5H3,(H,27,29)(H,30,31). The fraction of sp³-hybridized carbons (Fsp3) is 0.346. The Labute approximate surface area is 208 Å². The van der Waals surface area contributed by atoms with Gasteiger partial charge in [0.25, 0.3) is 5.91 Å². The van der Waals surface area contributed by atoms with E-state index in [-0.39, 0.29) is 25.0 Å². The van der Waals surface area contributed by atoms with Gasteiger partial charge in [-0.15, -0.1) is 11.3 Å². The van der Waals surface area contributed by atoms with E-state index in [1.807, 2.05) is 37.3 Å². The number of rotatable bonds is 11. The summed E-state index contributed by atoms with van der Waals surface area (Å²) in [5, 5.41) is 13.1. The van der Waals surface area contributed by atoms with Crippen molar-refractivity contribution in [2.75, 3.05) is 14.2 Å². The summed E-state index contributed by atoms with van der Waals surface area (Å²) in [6, 6.07) is 12.9. The van der Waals surface area contributed by atoms with Gasteiger partial charge in [0.1, 0.15) is 22.2 Å². The molecular formula is C26H30N2O6S. The number of hydrogen-bond acceptors (Lipinski definition) is 7. The number of benzene rings is 2. The molecule has 0 aliphatic heterocycles. The Morgan fingerprint density at radius 1 is 1.09 bits per heavy atom. The lowest BCUT2D eigenvalue weighted by molar-refractivity contribution is -0.153. The number of nitrogens with zero attached hydrogens (tertiary/aromatic N) is 1. The van der Waals surface area contributed by atoms with Crippen molar-refractivity contribution in [1.29, 1.82) is 0 Å². The second-order valence-electron chi connectivity index (χ2n) is 8.20. The van der Waals surface area contributed by atoms with E-state index in [0.29, 0.717) is 11.4 Å². The first-order valence-electron chi connectivity index (χ1n) is 11.2. The molecular weight excluding hydrogens is 468 g/mol. The zero-order valence-electron chi connectivity index (χ0n) is 20.5. The zero-order chi connectivity index (χ0) is 25.5.